The number of esters is 2. The molecule has 0 bridgehead atoms. The first-order chi connectivity index (χ1) is 22.4. The van der Waals surface area contributed by atoms with Gasteiger partial charge in [0.15, 0.2) is 0 Å². The summed E-state index contributed by atoms with van der Waals surface area (Å²) in [7, 11) is 4.02. The molecular weight excluding hydrogens is 596 g/mol. The first kappa shape index (κ1) is 44.2. The Morgan fingerprint density at radius 3 is 1.46 bits per heavy atom. The molecule has 0 radical (unpaired) electrons. The third kappa shape index (κ3) is 32.2. The molecule has 0 aliphatic heterocycles. The van der Waals surface area contributed by atoms with Gasteiger partial charge in [-0.25, -0.2) is 0 Å². The van der Waals surface area contributed by atoms with Crippen LogP contribution in [-0.4, -0.2) is 79.7 Å². The first-order valence-corrected chi connectivity index (χ1v) is 19.6. The van der Waals surface area contributed by atoms with Crippen molar-refractivity contribution in [1.82, 2.24) is 9.80 Å². The molecule has 0 saturated carbocycles. The largest absolute Gasteiger partial charge is 0.461 e. The van der Waals surface area contributed by atoms with Crippen LogP contribution in [0, 0.1) is 0 Å². The van der Waals surface area contributed by atoms with Crippen LogP contribution < -0.4 is 0 Å². The Hall–Kier alpha value is -1.80. The van der Waals surface area contributed by atoms with Crippen molar-refractivity contribution in [3.8, 4) is 0 Å². The van der Waals surface area contributed by atoms with Gasteiger partial charge in [0.25, 0.3) is 5.24 Å². The molecule has 0 fully saturated rings. The Labute approximate surface area is 287 Å². The van der Waals surface area contributed by atoms with E-state index in [1.807, 2.05) is 31.1 Å². The van der Waals surface area contributed by atoms with Crippen LogP contribution >= 0.6 is 11.8 Å². The maximum Gasteiger partial charge on any atom is 0.306 e. The molecule has 0 aromatic heterocycles. The fraction of sp³-hybridized carbons (Fsp3) is 0.816. The number of carbonyl (C=O) groups excluding carboxylic acids is 3. The van der Waals surface area contributed by atoms with Gasteiger partial charge in [0, 0.05) is 38.2 Å². The van der Waals surface area contributed by atoms with Crippen molar-refractivity contribution in [2.24, 2.45) is 0 Å². The highest BCUT2D eigenvalue weighted by atomic mass is 32.2. The molecule has 1 amide bonds. The Balaban J connectivity index is 4.14. The zero-order valence-corrected chi connectivity index (χ0v) is 31.1. The molecule has 0 aromatic carbocycles. The number of carbonyl (C=O) groups is 3. The number of rotatable bonds is 32. The third-order valence-electron chi connectivity index (χ3n) is 7.85. The van der Waals surface area contributed by atoms with Crippen LogP contribution in [-0.2, 0) is 19.1 Å². The highest BCUT2D eigenvalue weighted by molar-refractivity contribution is 8.13. The van der Waals surface area contributed by atoms with E-state index < -0.39 is 0 Å². The van der Waals surface area contributed by atoms with Crippen molar-refractivity contribution >= 4 is 28.9 Å². The minimum Gasteiger partial charge on any atom is -0.461 e. The van der Waals surface area contributed by atoms with Crippen molar-refractivity contribution in [1.29, 1.82) is 0 Å². The Kier molecular flexibility index (Phi) is 33.2. The van der Waals surface area contributed by atoms with Crippen molar-refractivity contribution < 1.29 is 23.9 Å². The van der Waals surface area contributed by atoms with Crippen LogP contribution in [0.25, 0.3) is 0 Å². The summed E-state index contributed by atoms with van der Waals surface area (Å²) >= 11 is 1.37. The van der Waals surface area contributed by atoms with Gasteiger partial charge in [-0.15, -0.1) is 0 Å². The third-order valence-corrected chi connectivity index (χ3v) is 8.75. The van der Waals surface area contributed by atoms with E-state index in [9.17, 15) is 14.4 Å². The lowest BCUT2D eigenvalue weighted by atomic mass is 10.1. The average molecular weight is 667 g/mol. The fourth-order valence-electron chi connectivity index (χ4n) is 4.91. The summed E-state index contributed by atoms with van der Waals surface area (Å²) in [5.41, 5.74) is 0. The molecule has 0 aliphatic rings. The topological polar surface area (TPSA) is 76.1 Å². The summed E-state index contributed by atoms with van der Waals surface area (Å²) in [5.74, 6) is 0.464. The Bertz CT molecular complexity index is 787. The summed E-state index contributed by atoms with van der Waals surface area (Å²) in [5, 5.41) is 0.116. The lowest BCUT2D eigenvalue weighted by Crippen LogP contribution is -2.31. The monoisotopic (exact) mass is 667 g/mol. The van der Waals surface area contributed by atoms with Crippen LogP contribution in [0.15, 0.2) is 24.3 Å². The van der Waals surface area contributed by atoms with Crippen molar-refractivity contribution in [3.63, 3.8) is 0 Å². The molecule has 8 heteroatoms. The predicted octanol–water partition coefficient (Wildman–Crippen LogP) is 10.1. The second kappa shape index (κ2) is 34.5. The molecule has 0 spiro atoms. The summed E-state index contributed by atoms with van der Waals surface area (Å²) in [6.07, 6.45) is 30.2. The molecule has 0 aromatic rings. The average Bonchev–Trinajstić information content (AvgIpc) is 3.03. The van der Waals surface area contributed by atoms with Gasteiger partial charge in [-0.3, -0.25) is 14.4 Å². The first-order valence-electron chi connectivity index (χ1n) is 18.6. The van der Waals surface area contributed by atoms with Gasteiger partial charge in [0.2, 0.25) is 0 Å². The van der Waals surface area contributed by atoms with E-state index in [0.29, 0.717) is 39.1 Å². The standard InChI is InChI=1S/C38H70N2O5S/c1-5-7-9-11-13-14-15-17-19-27-34-45-37(42)29-23-21-25-31-40(38(43)46-35-32-39(3)4)30-24-20-22-28-36(41)44-33-26-18-16-12-10-8-6-2/h18-19,26-27H,5-17,20-25,28-35H2,1-4H3/b26-18-,27-19-. The number of unbranched alkanes of at least 4 members (excludes halogenated alkanes) is 15. The quantitative estimate of drug-likeness (QED) is 0.0402. The van der Waals surface area contributed by atoms with Gasteiger partial charge in [-0.2, -0.15) is 0 Å². The molecule has 268 valence electrons. The van der Waals surface area contributed by atoms with E-state index in [4.69, 9.17) is 9.47 Å². The SMILES string of the molecule is CCCCCC/C=C\COC(=O)CCCCCN(CCCCCC(=O)OC/C=C\CCCCCCCCC)C(=O)SCCN(C)C. The minimum absolute atomic E-state index is 0.116. The van der Waals surface area contributed by atoms with Crippen molar-refractivity contribution in [2.75, 3.05) is 52.7 Å². The number of hydrogen-bond acceptors (Lipinski definition) is 7. The van der Waals surface area contributed by atoms with E-state index in [1.165, 1.54) is 82.4 Å². The second-order valence-corrected chi connectivity index (χ2v) is 13.6. The van der Waals surface area contributed by atoms with Gasteiger partial charge in [0.1, 0.15) is 13.2 Å². The van der Waals surface area contributed by atoms with E-state index in [-0.39, 0.29) is 17.2 Å². The Morgan fingerprint density at radius 1 is 0.543 bits per heavy atom. The lowest BCUT2D eigenvalue weighted by Gasteiger charge is -2.22. The summed E-state index contributed by atoms with van der Waals surface area (Å²) in [6, 6.07) is 0. The lowest BCUT2D eigenvalue weighted by molar-refractivity contribution is -0.143. The molecule has 46 heavy (non-hydrogen) atoms. The number of allylic oxidation sites excluding steroid dienone is 2. The van der Waals surface area contributed by atoms with E-state index >= 15 is 0 Å². The van der Waals surface area contributed by atoms with Crippen molar-refractivity contribution in [3.05, 3.63) is 24.3 Å². The highest BCUT2D eigenvalue weighted by Gasteiger charge is 2.14. The summed E-state index contributed by atoms with van der Waals surface area (Å²) in [4.78, 5) is 41.1. The van der Waals surface area contributed by atoms with Crippen molar-refractivity contribution in [2.45, 2.75) is 149 Å². The molecule has 0 saturated heterocycles. The molecule has 0 N–H and O–H groups in total. The smallest absolute Gasteiger partial charge is 0.306 e. The van der Waals surface area contributed by atoms with Gasteiger partial charge in [-0.1, -0.05) is 121 Å². The molecule has 0 unspecified atom stereocenters. The van der Waals surface area contributed by atoms with Gasteiger partial charge < -0.3 is 19.3 Å². The molecule has 0 atom stereocenters. The fourth-order valence-corrected chi connectivity index (χ4v) is 5.90. The molecule has 0 rings (SSSR count). The molecular formula is C38H70N2O5S. The number of nitrogens with zero attached hydrogens (tertiary/aromatic N) is 2. The van der Waals surface area contributed by atoms with E-state index in [0.717, 1.165) is 63.7 Å². The number of ether oxygens (including phenoxy) is 2. The molecule has 0 heterocycles. The van der Waals surface area contributed by atoms with E-state index in [2.05, 4.69) is 30.9 Å². The Morgan fingerprint density at radius 2 is 0.978 bits per heavy atom. The van der Waals surface area contributed by atoms with Gasteiger partial charge in [0.05, 0.1) is 0 Å². The maximum atomic E-state index is 12.9. The van der Waals surface area contributed by atoms with Gasteiger partial charge >= 0.3 is 11.9 Å². The molecule has 0 aliphatic carbocycles. The second-order valence-electron chi connectivity index (χ2n) is 12.6. The number of thioether (sulfide) groups is 1. The zero-order chi connectivity index (χ0) is 33.9. The van der Waals surface area contributed by atoms with Gasteiger partial charge in [-0.05, 0) is 65.5 Å². The highest BCUT2D eigenvalue weighted by Crippen LogP contribution is 2.14. The van der Waals surface area contributed by atoms with Crippen LogP contribution in [0.2, 0.25) is 0 Å². The number of amides is 1. The predicted molar refractivity (Wildman–Crippen MR) is 196 cm³/mol. The van der Waals surface area contributed by atoms with Crippen LogP contribution in [0.3, 0.4) is 0 Å². The normalized spacial score (nSPS) is 11.6. The van der Waals surface area contributed by atoms with Crippen LogP contribution in [0.4, 0.5) is 4.79 Å². The molecule has 7 nitrogen and oxygen atoms in total. The van der Waals surface area contributed by atoms with E-state index in [1.54, 1.807) is 0 Å². The summed E-state index contributed by atoms with van der Waals surface area (Å²) in [6.45, 7) is 7.41. The van der Waals surface area contributed by atoms with Crippen LogP contribution in [0.1, 0.15) is 149 Å². The van der Waals surface area contributed by atoms with Crippen LogP contribution in [0.5, 0.6) is 0 Å². The minimum atomic E-state index is -0.152. The summed E-state index contributed by atoms with van der Waals surface area (Å²) < 4.78 is 10.7. The maximum absolute atomic E-state index is 12.9. The number of hydrogen-bond donors (Lipinski definition) is 0. The zero-order valence-electron chi connectivity index (χ0n) is 30.2.